The Kier molecular flexibility index (Phi) is 6.40. The van der Waals surface area contributed by atoms with E-state index in [1.807, 2.05) is 4.90 Å². The minimum atomic E-state index is -2.90. The molecule has 3 N–H and O–H groups in total. The van der Waals surface area contributed by atoms with Crippen LogP contribution in [0, 0.1) is 12.7 Å². The van der Waals surface area contributed by atoms with Crippen molar-refractivity contribution in [3.8, 4) is 0 Å². The summed E-state index contributed by atoms with van der Waals surface area (Å²) < 4.78 is 40.9. The highest BCUT2D eigenvalue weighted by molar-refractivity contribution is 5.90. The molecule has 7 nitrogen and oxygen atoms in total. The summed E-state index contributed by atoms with van der Waals surface area (Å²) in [4.78, 5) is 15.3. The zero-order valence-corrected chi connectivity index (χ0v) is 18.4. The molecule has 0 amide bonds. The van der Waals surface area contributed by atoms with E-state index in [-0.39, 0.29) is 18.6 Å². The van der Waals surface area contributed by atoms with E-state index in [2.05, 4.69) is 20.3 Å². The predicted octanol–water partition coefficient (Wildman–Crippen LogP) is 3.91. The molecule has 1 saturated heterocycles. The number of aliphatic hydroxyl groups excluding tert-OH is 1. The van der Waals surface area contributed by atoms with Crippen molar-refractivity contribution in [1.82, 2.24) is 15.0 Å². The van der Waals surface area contributed by atoms with E-state index in [4.69, 9.17) is 0 Å². The van der Waals surface area contributed by atoms with Crippen LogP contribution in [0.1, 0.15) is 49.2 Å². The zero-order valence-electron chi connectivity index (χ0n) is 18.4. The Hall–Kier alpha value is -2.98. The molecular formula is C23H26F3N5O2. The lowest BCUT2D eigenvalue weighted by molar-refractivity contribution is 0.0364. The first-order chi connectivity index (χ1) is 15.7. The lowest BCUT2D eigenvalue weighted by atomic mass is 10.00. The number of hydrogen-bond donors (Lipinski definition) is 3. The Labute approximate surface area is 189 Å². The van der Waals surface area contributed by atoms with Crippen molar-refractivity contribution >= 4 is 22.5 Å². The van der Waals surface area contributed by atoms with Gasteiger partial charge in [0.05, 0.1) is 28.9 Å². The molecule has 1 aromatic carbocycles. The van der Waals surface area contributed by atoms with Crippen LogP contribution in [0.25, 0.3) is 10.9 Å². The molecule has 2 unspecified atom stereocenters. The van der Waals surface area contributed by atoms with E-state index in [1.54, 1.807) is 26.1 Å². The molecule has 3 heterocycles. The lowest BCUT2D eigenvalue weighted by Gasteiger charge is -2.23. The molecule has 1 aliphatic rings. The predicted molar refractivity (Wildman–Crippen MR) is 119 cm³/mol. The minimum Gasteiger partial charge on any atom is -0.396 e. The topological polar surface area (TPSA) is 94.4 Å². The number of fused-ring (bicyclic) bond motifs is 1. The van der Waals surface area contributed by atoms with Gasteiger partial charge in [0.2, 0.25) is 0 Å². The van der Waals surface area contributed by atoms with E-state index < -0.39 is 29.4 Å². The van der Waals surface area contributed by atoms with Crippen molar-refractivity contribution in [3.05, 3.63) is 53.2 Å². The van der Waals surface area contributed by atoms with Crippen LogP contribution in [0.4, 0.5) is 24.8 Å². The molecule has 10 heteroatoms. The number of nitrogens with zero attached hydrogens (tertiary/aromatic N) is 4. The van der Waals surface area contributed by atoms with Crippen LogP contribution in [0.5, 0.6) is 0 Å². The summed E-state index contributed by atoms with van der Waals surface area (Å²) in [5.41, 5.74) is -0.925. The summed E-state index contributed by atoms with van der Waals surface area (Å²) in [6.07, 6.45) is -0.499. The lowest BCUT2D eigenvalue weighted by Crippen LogP contribution is -2.34. The van der Waals surface area contributed by atoms with Crippen LogP contribution in [-0.4, -0.2) is 50.5 Å². The Balaban J connectivity index is 1.67. The quantitative estimate of drug-likeness (QED) is 0.491. The van der Waals surface area contributed by atoms with Gasteiger partial charge < -0.3 is 20.4 Å². The molecule has 0 saturated carbocycles. The Morgan fingerprint density at radius 1 is 1.24 bits per heavy atom. The van der Waals surface area contributed by atoms with Crippen molar-refractivity contribution in [2.24, 2.45) is 0 Å². The van der Waals surface area contributed by atoms with E-state index >= 15 is 0 Å². The Morgan fingerprint density at radius 2 is 2.00 bits per heavy atom. The summed E-state index contributed by atoms with van der Waals surface area (Å²) >= 11 is 0. The fraction of sp³-hybridized carbons (Fsp3) is 0.435. The molecule has 0 bridgehead atoms. The fourth-order valence-electron chi connectivity index (χ4n) is 4.24. The maximum absolute atomic E-state index is 14.7. The number of anilines is 2. The van der Waals surface area contributed by atoms with Crippen molar-refractivity contribution in [1.29, 1.82) is 0 Å². The molecule has 176 valence electrons. The second kappa shape index (κ2) is 9.11. The number of aromatic nitrogens is 3. The third kappa shape index (κ3) is 4.72. The summed E-state index contributed by atoms with van der Waals surface area (Å²) in [5.74, 6) is 0.586. The van der Waals surface area contributed by atoms with Crippen LogP contribution in [0.2, 0.25) is 0 Å². The monoisotopic (exact) mass is 461 g/mol. The van der Waals surface area contributed by atoms with Gasteiger partial charge in [0.1, 0.15) is 23.3 Å². The highest BCUT2D eigenvalue weighted by Gasteiger charge is 2.36. The number of benzene rings is 1. The van der Waals surface area contributed by atoms with Crippen LogP contribution in [0.3, 0.4) is 0 Å². The maximum atomic E-state index is 14.7. The largest absolute Gasteiger partial charge is 0.396 e. The van der Waals surface area contributed by atoms with Gasteiger partial charge in [-0.1, -0.05) is 18.2 Å². The van der Waals surface area contributed by atoms with Gasteiger partial charge in [-0.05, 0) is 26.3 Å². The second-order valence-corrected chi connectivity index (χ2v) is 8.47. The highest BCUT2D eigenvalue weighted by atomic mass is 19.3. The van der Waals surface area contributed by atoms with Gasteiger partial charge in [-0.3, -0.25) is 0 Å². The number of alkyl halides is 2. The third-order valence-electron chi connectivity index (χ3n) is 6.03. The van der Waals surface area contributed by atoms with Gasteiger partial charge in [-0.25, -0.2) is 28.1 Å². The van der Waals surface area contributed by atoms with Gasteiger partial charge in [-0.15, -0.1) is 0 Å². The van der Waals surface area contributed by atoms with E-state index in [0.29, 0.717) is 47.9 Å². The van der Waals surface area contributed by atoms with E-state index in [0.717, 1.165) is 6.07 Å². The number of nitrogens with one attached hydrogen (secondary N) is 1. The smallest absolute Gasteiger partial charge is 0.266 e. The maximum Gasteiger partial charge on any atom is 0.266 e. The molecule has 1 fully saturated rings. The second-order valence-electron chi connectivity index (χ2n) is 8.47. The number of hydrogen-bond acceptors (Lipinski definition) is 7. The highest BCUT2D eigenvalue weighted by Crippen LogP contribution is 2.33. The Bertz CT molecular complexity index is 1160. The number of pyridine rings is 1. The summed E-state index contributed by atoms with van der Waals surface area (Å²) in [7, 11) is 0. The molecule has 4 rings (SSSR count). The van der Waals surface area contributed by atoms with Gasteiger partial charge in [0.15, 0.2) is 0 Å². The summed E-state index contributed by atoms with van der Waals surface area (Å²) in [5, 5.41) is 23.6. The average molecular weight is 461 g/mol. The first kappa shape index (κ1) is 23.2. The van der Waals surface area contributed by atoms with E-state index in [1.165, 1.54) is 12.1 Å². The number of aryl methyl sites for hydroxylation is 1. The average Bonchev–Trinajstić information content (AvgIpc) is 3.15. The number of rotatable bonds is 7. The van der Waals surface area contributed by atoms with Crippen molar-refractivity contribution in [2.45, 2.75) is 44.8 Å². The molecule has 0 aliphatic carbocycles. The van der Waals surface area contributed by atoms with Crippen LogP contribution < -0.4 is 10.2 Å². The first-order valence-electron chi connectivity index (χ1n) is 10.8. The van der Waals surface area contributed by atoms with Gasteiger partial charge in [0, 0.05) is 37.1 Å². The molecule has 1 aliphatic heterocycles. The number of halogens is 3. The van der Waals surface area contributed by atoms with Gasteiger partial charge in [0.25, 0.3) is 6.43 Å². The molecule has 0 radical (unpaired) electrons. The molecule has 0 spiro atoms. The summed E-state index contributed by atoms with van der Waals surface area (Å²) in [6, 6.07) is 5.10. The Morgan fingerprint density at radius 3 is 2.73 bits per heavy atom. The third-order valence-corrected chi connectivity index (χ3v) is 6.03. The molecule has 2 atom stereocenters. The van der Waals surface area contributed by atoms with Crippen molar-refractivity contribution in [2.75, 3.05) is 29.9 Å². The number of aliphatic hydroxyl groups is 2. The van der Waals surface area contributed by atoms with E-state index in [9.17, 15) is 23.4 Å². The van der Waals surface area contributed by atoms with Crippen LogP contribution in [-0.2, 0) is 0 Å². The molecular weight excluding hydrogens is 435 g/mol. The number of β-amino-alcohol motifs (C(OH)–C–C–N with tert-alkyl or cyclic N) is 1. The minimum absolute atomic E-state index is 0.0993. The zero-order chi connectivity index (χ0) is 23.8. The fourth-order valence-corrected chi connectivity index (χ4v) is 4.24. The molecule has 33 heavy (non-hydrogen) atoms. The van der Waals surface area contributed by atoms with Crippen molar-refractivity contribution < 1.29 is 23.4 Å². The first-order valence-corrected chi connectivity index (χ1v) is 10.8. The normalized spacial score (nSPS) is 19.5. The van der Waals surface area contributed by atoms with Crippen molar-refractivity contribution in [3.63, 3.8) is 0 Å². The summed E-state index contributed by atoms with van der Waals surface area (Å²) in [6.45, 7) is 4.21. The van der Waals surface area contributed by atoms with Gasteiger partial charge >= 0.3 is 0 Å². The van der Waals surface area contributed by atoms with Crippen LogP contribution >= 0.6 is 0 Å². The SMILES string of the molecule is Cc1nc(NC(C)c2cccc(C(F)F)c2F)c2cc(N3CCC(O)(CCO)C3)ncc2n1. The molecule has 3 aromatic rings. The molecule has 2 aromatic heterocycles. The van der Waals surface area contributed by atoms with Crippen LogP contribution in [0.15, 0.2) is 30.5 Å². The van der Waals surface area contributed by atoms with Gasteiger partial charge in [-0.2, -0.15) is 0 Å². The standard InChI is InChI=1S/C23H26F3N5O2/c1-13(15-4-3-5-16(20(15)24)21(25)26)28-22-17-10-19(27-11-18(17)29-14(2)30-22)31-8-6-23(33,12-31)7-9-32/h3-5,10-11,13,21,32-33H,6-9,12H2,1-2H3,(H,28,29,30).